The van der Waals surface area contributed by atoms with Crippen molar-refractivity contribution in [2.75, 3.05) is 50.8 Å². The number of fused-ring (bicyclic) bond motifs is 1. The normalized spacial score (nSPS) is 18.6. The van der Waals surface area contributed by atoms with E-state index in [1.54, 1.807) is 6.92 Å². The number of ether oxygens (including phenoxy) is 2. The van der Waals surface area contributed by atoms with Gasteiger partial charge in [0.1, 0.15) is 5.60 Å². The molecule has 0 aliphatic carbocycles. The van der Waals surface area contributed by atoms with Crippen LogP contribution in [0.3, 0.4) is 0 Å². The van der Waals surface area contributed by atoms with E-state index < -0.39 is 16.7 Å². The third-order valence-corrected chi connectivity index (χ3v) is 10.9. The second-order valence-electron chi connectivity index (χ2n) is 17.7. The second-order valence-corrected chi connectivity index (χ2v) is 17.7. The molecule has 0 radical (unpaired) electrons. The Morgan fingerprint density at radius 2 is 1.52 bits per heavy atom. The molecule has 0 spiro atoms. The highest BCUT2D eigenvalue weighted by Crippen LogP contribution is 2.33. The number of anilines is 1. The molecule has 5 rings (SSSR count). The van der Waals surface area contributed by atoms with Crippen LogP contribution in [0.25, 0.3) is 11.1 Å². The number of carbonyl (C=O) groups is 4. The van der Waals surface area contributed by atoms with E-state index in [0.717, 1.165) is 81.5 Å². The number of aryl methyl sites for hydroxylation is 1. The summed E-state index contributed by atoms with van der Waals surface area (Å²) in [6.07, 6.45) is 6.22. The van der Waals surface area contributed by atoms with Gasteiger partial charge in [0.05, 0.1) is 12.1 Å². The molecule has 54 heavy (non-hydrogen) atoms. The molecule has 2 aromatic carbocycles. The summed E-state index contributed by atoms with van der Waals surface area (Å²) in [7, 11) is 0. The molecule has 3 aliphatic rings. The van der Waals surface area contributed by atoms with E-state index >= 15 is 0 Å². The van der Waals surface area contributed by atoms with Crippen LogP contribution in [0.15, 0.2) is 42.5 Å². The Morgan fingerprint density at radius 1 is 0.833 bits per heavy atom. The summed E-state index contributed by atoms with van der Waals surface area (Å²) in [6, 6.07) is 14.1. The molecule has 0 saturated carbocycles. The Kier molecular flexibility index (Phi) is 13.2. The van der Waals surface area contributed by atoms with Gasteiger partial charge in [-0.2, -0.15) is 0 Å². The van der Waals surface area contributed by atoms with Gasteiger partial charge >= 0.3 is 6.09 Å². The van der Waals surface area contributed by atoms with Crippen molar-refractivity contribution in [2.45, 2.75) is 123 Å². The Bertz CT molecular complexity index is 1640. The third kappa shape index (κ3) is 11.3. The van der Waals surface area contributed by atoms with Gasteiger partial charge < -0.3 is 29.9 Å². The molecule has 3 aliphatic heterocycles. The zero-order valence-electron chi connectivity index (χ0n) is 33.9. The Balaban J connectivity index is 1.01. The van der Waals surface area contributed by atoms with Gasteiger partial charge in [0.2, 0.25) is 11.8 Å². The lowest BCUT2D eigenvalue weighted by molar-refractivity contribution is -0.124. The van der Waals surface area contributed by atoms with Crippen molar-refractivity contribution >= 4 is 29.5 Å². The zero-order chi connectivity index (χ0) is 39.3. The Morgan fingerprint density at radius 3 is 2.19 bits per heavy atom. The number of amides is 4. The predicted octanol–water partition coefficient (Wildman–Crippen LogP) is 6.57. The average Bonchev–Trinajstić information content (AvgIpc) is 3.60. The minimum absolute atomic E-state index is 0.0220. The molecule has 0 aromatic heterocycles. The molecule has 3 heterocycles. The Hall–Kier alpha value is -3.96. The number of piperidine rings is 1. The van der Waals surface area contributed by atoms with Crippen molar-refractivity contribution < 1.29 is 28.7 Å². The van der Waals surface area contributed by atoms with Crippen LogP contribution in [0, 0.1) is 5.92 Å². The molecule has 11 heteroatoms. The van der Waals surface area contributed by atoms with Gasteiger partial charge in [0.15, 0.2) is 0 Å². The molecule has 0 bridgehead atoms. The van der Waals surface area contributed by atoms with Gasteiger partial charge in [-0.15, -0.1) is 0 Å². The first-order valence-corrected chi connectivity index (χ1v) is 19.9. The fourth-order valence-corrected chi connectivity index (χ4v) is 7.89. The predicted molar refractivity (Wildman–Crippen MR) is 213 cm³/mol. The number of hydrogen-bond donors (Lipinski definition) is 2. The first kappa shape index (κ1) is 41.2. The summed E-state index contributed by atoms with van der Waals surface area (Å²) in [6.45, 7) is 19.5. The first-order valence-electron chi connectivity index (χ1n) is 19.9. The number of nitrogens with zero attached hydrogens (tertiary/aromatic N) is 3. The maximum Gasteiger partial charge on any atom is 0.410 e. The molecule has 2 fully saturated rings. The van der Waals surface area contributed by atoms with E-state index in [4.69, 9.17) is 9.47 Å². The molecule has 2 saturated heterocycles. The minimum Gasteiger partial charge on any atom is -0.444 e. The van der Waals surface area contributed by atoms with E-state index in [1.165, 1.54) is 5.56 Å². The fraction of sp³-hybridized carbons (Fsp3) is 0.628. The highest BCUT2D eigenvalue weighted by Gasteiger charge is 2.38. The van der Waals surface area contributed by atoms with Gasteiger partial charge in [-0.25, -0.2) is 4.79 Å². The van der Waals surface area contributed by atoms with Crippen LogP contribution < -0.4 is 15.5 Å². The molecule has 4 amide bonds. The minimum atomic E-state index is -0.576. The summed E-state index contributed by atoms with van der Waals surface area (Å²) in [5, 5.41) is 6.21. The molecule has 2 N–H and O–H groups in total. The van der Waals surface area contributed by atoms with Crippen LogP contribution in [0.1, 0.15) is 110 Å². The SMILES string of the molecule is CC(=O)N1CCCc2cc(-c3ccc(C(=O)NC(C)(C)CCOC(C)(C)CNC(=O)CN4CCC(C5CCCN5C(=O)OC(C)(C)C)CC4)cc3)ccc21. The van der Waals surface area contributed by atoms with Crippen molar-refractivity contribution in [3.05, 3.63) is 53.6 Å². The van der Waals surface area contributed by atoms with Gasteiger partial charge in [0.25, 0.3) is 5.91 Å². The molecule has 1 unspecified atom stereocenters. The van der Waals surface area contributed by atoms with E-state index in [9.17, 15) is 19.2 Å². The zero-order valence-corrected chi connectivity index (χ0v) is 33.9. The molecule has 2 aromatic rings. The van der Waals surface area contributed by atoms with Crippen molar-refractivity contribution in [2.24, 2.45) is 5.92 Å². The first-order chi connectivity index (χ1) is 25.4. The third-order valence-electron chi connectivity index (χ3n) is 10.9. The molecular weight excluding hydrogens is 683 g/mol. The molecule has 296 valence electrons. The summed E-state index contributed by atoms with van der Waals surface area (Å²) in [5.74, 6) is 0.324. The lowest BCUT2D eigenvalue weighted by Crippen LogP contribution is -2.49. The van der Waals surface area contributed by atoms with Crippen LogP contribution in [-0.2, 0) is 25.5 Å². The lowest BCUT2D eigenvalue weighted by atomic mass is 9.88. The van der Waals surface area contributed by atoms with Gasteiger partial charge in [-0.3, -0.25) is 19.3 Å². The number of carbonyl (C=O) groups excluding carboxylic acids is 4. The van der Waals surface area contributed by atoms with Crippen LogP contribution in [-0.4, -0.2) is 102 Å². The molecular formula is C43H63N5O6. The maximum absolute atomic E-state index is 13.2. The maximum atomic E-state index is 13.2. The summed E-state index contributed by atoms with van der Waals surface area (Å²) < 4.78 is 11.9. The quantitative estimate of drug-likeness (QED) is 0.252. The number of benzene rings is 2. The van der Waals surface area contributed by atoms with E-state index in [0.29, 0.717) is 37.6 Å². The van der Waals surface area contributed by atoms with Crippen molar-refractivity contribution in [3.8, 4) is 11.1 Å². The topological polar surface area (TPSA) is 121 Å². The van der Waals surface area contributed by atoms with Crippen molar-refractivity contribution in [3.63, 3.8) is 0 Å². The monoisotopic (exact) mass is 745 g/mol. The Labute approximate surface area is 322 Å². The molecule has 1 atom stereocenters. The smallest absolute Gasteiger partial charge is 0.410 e. The van der Waals surface area contributed by atoms with Crippen LogP contribution in [0.5, 0.6) is 0 Å². The highest BCUT2D eigenvalue weighted by atomic mass is 16.6. The highest BCUT2D eigenvalue weighted by molar-refractivity contribution is 5.95. The summed E-state index contributed by atoms with van der Waals surface area (Å²) in [5.41, 5.74) is 3.25. The summed E-state index contributed by atoms with van der Waals surface area (Å²) in [4.78, 5) is 56.9. The number of likely N-dealkylation sites (tertiary alicyclic amines) is 2. The van der Waals surface area contributed by atoms with Gasteiger partial charge in [0, 0.05) is 56.0 Å². The van der Waals surface area contributed by atoms with Crippen molar-refractivity contribution in [1.82, 2.24) is 20.4 Å². The average molecular weight is 746 g/mol. The van der Waals surface area contributed by atoms with E-state index in [-0.39, 0.29) is 29.9 Å². The van der Waals surface area contributed by atoms with E-state index in [2.05, 4.69) is 21.6 Å². The number of rotatable bonds is 12. The summed E-state index contributed by atoms with van der Waals surface area (Å²) >= 11 is 0. The van der Waals surface area contributed by atoms with Crippen molar-refractivity contribution in [1.29, 1.82) is 0 Å². The second kappa shape index (κ2) is 17.2. The van der Waals surface area contributed by atoms with Crippen LogP contribution in [0.4, 0.5) is 10.5 Å². The molecule has 11 nitrogen and oxygen atoms in total. The lowest BCUT2D eigenvalue weighted by Gasteiger charge is -2.38. The van der Waals surface area contributed by atoms with E-state index in [1.807, 2.05) is 94.7 Å². The van der Waals surface area contributed by atoms with Gasteiger partial charge in [-0.1, -0.05) is 18.2 Å². The number of nitrogens with one attached hydrogen (secondary N) is 2. The van der Waals surface area contributed by atoms with Crippen LogP contribution >= 0.6 is 0 Å². The van der Waals surface area contributed by atoms with Crippen LogP contribution in [0.2, 0.25) is 0 Å². The largest absolute Gasteiger partial charge is 0.444 e. The fourth-order valence-electron chi connectivity index (χ4n) is 7.89. The standard InChI is InChI=1S/C43H63N5O6/c1-30(49)47-22-9-11-35-27-34(17-18-37(35)47)31-13-15-33(16-14-31)39(51)45-42(5,6)21-26-53-43(7,8)29-44-38(50)28-46-24-19-32(20-25-46)36-12-10-23-48(36)40(52)54-41(2,3)4/h13-18,27,32,36H,9-12,19-26,28-29H2,1-8H3,(H,44,50)(H,45,51). The number of hydrogen-bond acceptors (Lipinski definition) is 7. The van der Waals surface area contributed by atoms with Gasteiger partial charge in [-0.05, 0) is 153 Å².